The number of aliphatic hydroxyl groups excluding tert-OH is 1. The van der Waals surface area contributed by atoms with E-state index in [9.17, 15) is 4.39 Å². The molecule has 0 aliphatic heterocycles. The van der Waals surface area contributed by atoms with Crippen molar-refractivity contribution in [3.8, 4) is 0 Å². The molecule has 0 bridgehead atoms. The van der Waals surface area contributed by atoms with Gasteiger partial charge in [-0.2, -0.15) is 0 Å². The zero-order valence-corrected chi connectivity index (χ0v) is 8.94. The number of hydrogen-bond acceptors (Lipinski definition) is 1. The predicted molar refractivity (Wildman–Crippen MR) is 56.2 cm³/mol. The van der Waals surface area contributed by atoms with Crippen molar-refractivity contribution in [2.24, 2.45) is 0 Å². The van der Waals surface area contributed by atoms with E-state index in [4.69, 9.17) is 16.7 Å². The lowest BCUT2D eigenvalue weighted by atomic mass is 10.0. The third kappa shape index (κ3) is 2.46. The van der Waals surface area contributed by atoms with Gasteiger partial charge in [-0.1, -0.05) is 24.6 Å². The number of halogens is 2. The van der Waals surface area contributed by atoms with Crippen molar-refractivity contribution < 1.29 is 9.50 Å². The minimum atomic E-state index is -0.214. The summed E-state index contributed by atoms with van der Waals surface area (Å²) in [6.45, 7) is 1.97. The first-order valence-electron chi connectivity index (χ1n) is 4.77. The van der Waals surface area contributed by atoms with Crippen molar-refractivity contribution in [2.45, 2.75) is 26.2 Å². The number of rotatable bonds is 4. The molecule has 0 aromatic heterocycles. The van der Waals surface area contributed by atoms with Gasteiger partial charge >= 0.3 is 0 Å². The zero-order chi connectivity index (χ0) is 10.6. The van der Waals surface area contributed by atoms with Crippen molar-refractivity contribution in [1.29, 1.82) is 0 Å². The van der Waals surface area contributed by atoms with Crippen molar-refractivity contribution in [2.75, 3.05) is 6.61 Å². The van der Waals surface area contributed by atoms with Crippen molar-refractivity contribution in [1.82, 2.24) is 0 Å². The largest absolute Gasteiger partial charge is 0.396 e. The van der Waals surface area contributed by atoms with E-state index in [0.29, 0.717) is 35.4 Å². The summed E-state index contributed by atoms with van der Waals surface area (Å²) in [5.41, 5.74) is 1.21. The number of aliphatic hydroxyl groups is 1. The standard InChI is InChI=1S/C11H14ClFO/c1-2-8-5-6-10(12)9(11(8)13)4-3-7-14/h5-6,14H,2-4,7H2,1H3. The number of aryl methyl sites for hydroxylation is 1. The molecule has 0 unspecified atom stereocenters. The minimum Gasteiger partial charge on any atom is -0.396 e. The monoisotopic (exact) mass is 216 g/mol. The Morgan fingerprint density at radius 2 is 2.14 bits per heavy atom. The van der Waals surface area contributed by atoms with Crippen LogP contribution in [0.4, 0.5) is 4.39 Å². The molecule has 0 amide bonds. The Balaban J connectivity index is 2.99. The van der Waals surface area contributed by atoms with Gasteiger partial charge in [0.1, 0.15) is 5.82 Å². The molecular weight excluding hydrogens is 203 g/mol. The molecule has 14 heavy (non-hydrogen) atoms. The fraction of sp³-hybridized carbons (Fsp3) is 0.455. The summed E-state index contributed by atoms with van der Waals surface area (Å²) >= 11 is 5.87. The lowest BCUT2D eigenvalue weighted by Gasteiger charge is -2.08. The van der Waals surface area contributed by atoms with Crippen LogP contribution in [0.5, 0.6) is 0 Å². The highest BCUT2D eigenvalue weighted by molar-refractivity contribution is 6.31. The summed E-state index contributed by atoms with van der Waals surface area (Å²) in [6.07, 6.45) is 1.70. The van der Waals surface area contributed by atoms with Gasteiger partial charge < -0.3 is 5.11 Å². The second kappa shape index (κ2) is 5.32. The molecule has 1 aromatic rings. The third-order valence-corrected chi connectivity index (χ3v) is 2.59. The van der Waals surface area contributed by atoms with Gasteiger partial charge in [0.25, 0.3) is 0 Å². The van der Waals surface area contributed by atoms with Crippen molar-refractivity contribution in [3.05, 3.63) is 34.1 Å². The lowest BCUT2D eigenvalue weighted by Crippen LogP contribution is -1.99. The van der Waals surface area contributed by atoms with Crippen LogP contribution in [-0.2, 0) is 12.8 Å². The molecule has 0 aliphatic rings. The first kappa shape index (κ1) is 11.5. The highest BCUT2D eigenvalue weighted by Crippen LogP contribution is 2.23. The molecule has 1 rings (SSSR count). The summed E-state index contributed by atoms with van der Waals surface area (Å²) < 4.78 is 13.7. The molecule has 0 spiro atoms. The highest BCUT2D eigenvalue weighted by Gasteiger charge is 2.10. The Morgan fingerprint density at radius 1 is 1.43 bits per heavy atom. The predicted octanol–water partition coefficient (Wildman–Crippen LogP) is 2.97. The van der Waals surface area contributed by atoms with Crippen molar-refractivity contribution in [3.63, 3.8) is 0 Å². The maximum Gasteiger partial charge on any atom is 0.131 e. The quantitative estimate of drug-likeness (QED) is 0.821. The molecular formula is C11H14ClFO. The highest BCUT2D eigenvalue weighted by atomic mass is 35.5. The van der Waals surface area contributed by atoms with E-state index in [2.05, 4.69) is 0 Å². The van der Waals surface area contributed by atoms with Crippen LogP contribution >= 0.6 is 11.6 Å². The molecule has 1 nitrogen and oxygen atoms in total. The van der Waals surface area contributed by atoms with Gasteiger partial charge in [0.15, 0.2) is 0 Å². The van der Waals surface area contributed by atoms with Gasteiger partial charge in [-0.25, -0.2) is 4.39 Å². The van der Waals surface area contributed by atoms with Gasteiger partial charge in [-0.3, -0.25) is 0 Å². The minimum absolute atomic E-state index is 0.0616. The molecule has 0 atom stereocenters. The van der Waals surface area contributed by atoms with Crippen LogP contribution in [-0.4, -0.2) is 11.7 Å². The molecule has 78 valence electrons. The van der Waals surface area contributed by atoms with Gasteiger partial charge in [-0.05, 0) is 30.9 Å². The van der Waals surface area contributed by atoms with Gasteiger partial charge in [0.05, 0.1) is 0 Å². The first-order valence-corrected chi connectivity index (χ1v) is 5.15. The van der Waals surface area contributed by atoms with E-state index in [1.807, 2.05) is 6.92 Å². The topological polar surface area (TPSA) is 20.2 Å². The van der Waals surface area contributed by atoms with Gasteiger partial charge in [-0.15, -0.1) is 0 Å². The summed E-state index contributed by atoms with van der Waals surface area (Å²) in [7, 11) is 0. The fourth-order valence-corrected chi connectivity index (χ4v) is 1.64. The van der Waals surface area contributed by atoms with Crippen LogP contribution in [0.15, 0.2) is 12.1 Å². The Kier molecular flexibility index (Phi) is 4.36. The van der Waals surface area contributed by atoms with E-state index in [1.54, 1.807) is 12.1 Å². The molecule has 0 saturated carbocycles. The molecule has 1 N–H and O–H groups in total. The average Bonchev–Trinajstić information content (AvgIpc) is 2.18. The van der Waals surface area contributed by atoms with Gasteiger partial charge in [0.2, 0.25) is 0 Å². The second-order valence-corrected chi connectivity index (χ2v) is 3.59. The Hall–Kier alpha value is -0.600. The Morgan fingerprint density at radius 3 is 2.71 bits per heavy atom. The second-order valence-electron chi connectivity index (χ2n) is 3.18. The smallest absolute Gasteiger partial charge is 0.131 e. The summed E-state index contributed by atoms with van der Waals surface area (Å²) in [5, 5.41) is 9.12. The third-order valence-electron chi connectivity index (χ3n) is 2.23. The molecule has 0 fully saturated rings. The molecule has 1 aromatic carbocycles. The van der Waals surface area contributed by atoms with E-state index in [-0.39, 0.29) is 12.4 Å². The number of benzene rings is 1. The van der Waals surface area contributed by atoms with Crippen LogP contribution in [0.1, 0.15) is 24.5 Å². The Labute approximate surface area is 88.5 Å². The van der Waals surface area contributed by atoms with Crippen LogP contribution in [0.25, 0.3) is 0 Å². The average molecular weight is 217 g/mol. The summed E-state index contributed by atoms with van der Waals surface area (Å²) in [4.78, 5) is 0. The summed E-state index contributed by atoms with van der Waals surface area (Å²) in [5.74, 6) is -0.214. The van der Waals surface area contributed by atoms with Crippen LogP contribution in [0.3, 0.4) is 0 Å². The van der Waals surface area contributed by atoms with Crippen LogP contribution < -0.4 is 0 Å². The first-order chi connectivity index (χ1) is 6.70. The van der Waals surface area contributed by atoms with Crippen LogP contribution in [0, 0.1) is 5.82 Å². The molecule has 0 radical (unpaired) electrons. The maximum atomic E-state index is 13.7. The molecule has 0 heterocycles. The molecule has 0 aliphatic carbocycles. The van der Waals surface area contributed by atoms with E-state index >= 15 is 0 Å². The van der Waals surface area contributed by atoms with Gasteiger partial charge in [0, 0.05) is 17.2 Å². The molecule has 0 saturated heterocycles. The van der Waals surface area contributed by atoms with E-state index in [0.717, 1.165) is 0 Å². The fourth-order valence-electron chi connectivity index (χ4n) is 1.40. The molecule has 3 heteroatoms. The SMILES string of the molecule is CCc1ccc(Cl)c(CCCO)c1F. The zero-order valence-electron chi connectivity index (χ0n) is 8.19. The van der Waals surface area contributed by atoms with E-state index in [1.165, 1.54) is 0 Å². The van der Waals surface area contributed by atoms with E-state index < -0.39 is 0 Å². The normalized spacial score (nSPS) is 10.6. The maximum absolute atomic E-state index is 13.7. The lowest BCUT2D eigenvalue weighted by molar-refractivity contribution is 0.288. The summed E-state index contributed by atoms with van der Waals surface area (Å²) in [6, 6.07) is 3.43. The number of hydrogen-bond donors (Lipinski definition) is 1. The Bertz CT molecular complexity index is 312. The van der Waals surface area contributed by atoms with Crippen LogP contribution in [0.2, 0.25) is 5.02 Å². The van der Waals surface area contributed by atoms with Crippen molar-refractivity contribution >= 4 is 11.6 Å².